The lowest BCUT2D eigenvalue weighted by molar-refractivity contribution is 0.0697. The quantitative estimate of drug-likeness (QED) is 0.457. The molecule has 1 fully saturated rings. The van der Waals surface area contributed by atoms with Crippen molar-refractivity contribution in [3.05, 3.63) is 71.9 Å². The highest BCUT2D eigenvalue weighted by atomic mass is 16.7. The van der Waals surface area contributed by atoms with E-state index in [4.69, 9.17) is 13.9 Å². The zero-order valence-corrected chi connectivity index (χ0v) is 18.7. The van der Waals surface area contributed by atoms with Crippen LogP contribution in [-0.4, -0.2) is 50.7 Å². The van der Waals surface area contributed by atoms with Gasteiger partial charge in [-0.1, -0.05) is 18.2 Å². The fraction of sp³-hybridized carbons (Fsp3) is 0.280. The Balaban J connectivity index is 1.19. The number of hydrogen-bond donors (Lipinski definition) is 0. The second kappa shape index (κ2) is 8.33. The summed E-state index contributed by atoms with van der Waals surface area (Å²) in [5, 5.41) is 13.0. The molecule has 2 aromatic heterocycles. The minimum atomic E-state index is -0.0279. The van der Waals surface area contributed by atoms with Gasteiger partial charge < -0.3 is 18.8 Å². The summed E-state index contributed by atoms with van der Waals surface area (Å²) >= 11 is 0. The standard InChI is InChI=1S/C25H23N5O4/c1-16-20(13-26-30(16)19-7-3-2-4-8-19)25(31)29-11-5-6-18(14-29)24-28-27-23(34-24)17-9-10-21-22(12-17)33-15-32-21/h2-4,7-10,12-13,18H,5-6,11,14-15H2,1H3. The van der Waals surface area contributed by atoms with Crippen molar-refractivity contribution in [1.82, 2.24) is 24.9 Å². The van der Waals surface area contributed by atoms with E-state index in [0.29, 0.717) is 41.9 Å². The van der Waals surface area contributed by atoms with Crippen molar-refractivity contribution in [3.8, 4) is 28.6 Å². The van der Waals surface area contributed by atoms with Crippen LogP contribution in [-0.2, 0) is 0 Å². The van der Waals surface area contributed by atoms with Gasteiger partial charge in [-0.05, 0) is 50.1 Å². The molecule has 0 aliphatic carbocycles. The fourth-order valence-electron chi connectivity index (χ4n) is 4.53. The molecule has 4 aromatic rings. The number of hydrogen-bond acceptors (Lipinski definition) is 7. The zero-order chi connectivity index (χ0) is 23.1. The Hall–Kier alpha value is -4.14. The SMILES string of the molecule is Cc1c(C(=O)N2CCCC(c3nnc(-c4ccc5c(c4)OCO5)o3)C2)cnn1-c1ccccc1. The van der Waals surface area contributed by atoms with E-state index >= 15 is 0 Å². The normalized spacial score (nSPS) is 17.2. The lowest BCUT2D eigenvalue weighted by Gasteiger charge is -2.31. The molecular formula is C25H23N5O4. The monoisotopic (exact) mass is 457 g/mol. The highest BCUT2D eigenvalue weighted by Gasteiger charge is 2.30. The fourth-order valence-corrected chi connectivity index (χ4v) is 4.53. The molecule has 34 heavy (non-hydrogen) atoms. The Bertz CT molecular complexity index is 1350. The van der Waals surface area contributed by atoms with Gasteiger partial charge in [0.1, 0.15) is 0 Å². The molecule has 0 saturated carbocycles. The van der Waals surface area contributed by atoms with E-state index < -0.39 is 0 Å². The van der Waals surface area contributed by atoms with Crippen molar-refractivity contribution in [2.24, 2.45) is 0 Å². The number of aromatic nitrogens is 4. The third-order valence-electron chi connectivity index (χ3n) is 6.36. The number of carbonyl (C=O) groups is 1. The van der Waals surface area contributed by atoms with Gasteiger partial charge >= 0.3 is 0 Å². The maximum atomic E-state index is 13.4. The minimum Gasteiger partial charge on any atom is -0.454 e. The van der Waals surface area contributed by atoms with Crippen molar-refractivity contribution < 1.29 is 18.7 Å². The smallest absolute Gasteiger partial charge is 0.257 e. The van der Waals surface area contributed by atoms with Crippen LogP contribution in [0.5, 0.6) is 11.5 Å². The summed E-state index contributed by atoms with van der Waals surface area (Å²) in [5.41, 5.74) is 3.13. The van der Waals surface area contributed by atoms with Crippen molar-refractivity contribution in [1.29, 1.82) is 0 Å². The molecule has 1 atom stereocenters. The van der Waals surface area contributed by atoms with E-state index in [9.17, 15) is 4.79 Å². The van der Waals surface area contributed by atoms with Crippen LogP contribution in [0, 0.1) is 6.92 Å². The summed E-state index contributed by atoms with van der Waals surface area (Å²) in [7, 11) is 0. The van der Waals surface area contributed by atoms with Crippen LogP contribution in [0.25, 0.3) is 17.1 Å². The molecular weight excluding hydrogens is 434 g/mol. The maximum absolute atomic E-state index is 13.4. The first kappa shape index (κ1) is 20.5. The number of amides is 1. The van der Waals surface area contributed by atoms with Gasteiger partial charge in [0, 0.05) is 18.7 Å². The van der Waals surface area contributed by atoms with Crippen LogP contribution in [0.1, 0.15) is 40.7 Å². The maximum Gasteiger partial charge on any atom is 0.257 e. The third kappa shape index (κ3) is 3.59. The zero-order valence-electron chi connectivity index (χ0n) is 18.7. The van der Waals surface area contributed by atoms with E-state index in [1.54, 1.807) is 10.9 Å². The number of fused-ring (bicyclic) bond motifs is 1. The summed E-state index contributed by atoms with van der Waals surface area (Å²) in [6, 6.07) is 15.3. The molecule has 9 nitrogen and oxygen atoms in total. The number of rotatable bonds is 4. The molecule has 9 heteroatoms. The summed E-state index contributed by atoms with van der Waals surface area (Å²) in [6.45, 7) is 3.35. The van der Waals surface area contributed by atoms with Gasteiger partial charge in [-0.3, -0.25) is 4.79 Å². The highest BCUT2D eigenvalue weighted by Crippen LogP contribution is 2.36. The summed E-state index contributed by atoms with van der Waals surface area (Å²) in [4.78, 5) is 15.2. The molecule has 1 unspecified atom stereocenters. The van der Waals surface area contributed by atoms with E-state index in [1.165, 1.54) is 0 Å². The van der Waals surface area contributed by atoms with Crippen LogP contribution in [0.4, 0.5) is 0 Å². The first-order valence-electron chi connectivity index (χ1n) is 11.3. The molecule has 4 heterocycles. The molecule has 0 N–H and O–H groups in total. The lowest BCUT2D eigenvalue weighted by atomic mass is 9.97. The molecule has 0 bridgehead atoms. The number of ether oxygens (including phenoxy) is 2. The number of piperidine rings is 1. The van der Waals surface area contributed by atoms with Crippen LogP contribution in [0.2, 0.25) is 0 Å². The number of para-hydroxylation sites is 1. The van der Waals surface area contributed by atoms with E-state index in [1.807, 2.05) is 60.4 Å². The van der Waals surface area contributed by atoms with Gasteiger partial charge in [-0.2, -0.15) is 5.10 Å². The second-order valence-corrected chi connectivity index (χ2v) is 8.49. The summed E-state index contributed by atoms with van der Waals surface area (Å²) < 4.78 is 18.6. The Labute approximate surface area is 195 Å². The number of nitrogens with zero attached hydrogens (tertiary/aromatic N) is 5. The van der Waals surface area contributed by atoms with Gasteiger partial charge in [0.2, 0.25) is 18.6 Å². The van der Waals surface area contributed by atoms with Crippen molar-refractivity contribution in [2.45, 2.75) is 25.7 Å². The Morgan fingerprint density at radius 3 is 2.79 bits per heavy atom. The topological polar surface area (TPSA) is 95.5 Å². The molecule has 0 spiro atoms. The highest BCUT2D eigenvalue weighted by molar-refractivity contribution is 5.95. The molecule has 0 radical (unpaired) electrons. The lowest BCUT2D eigenvalue weighted by Crippen LogP contribution is -2.39. The van der Waals surface area contributed by atoms with Crippen molar-refractivity contribution in [2.75, 3.05) is 19.9 Å². The van der Waals surface area contributed by atoms with Crippen LogP contribution in [0.15, 0.2) is 59.1 Å². The molecule has 172 valence electrons. The Kier molecular flexibility index (Phi) is 5.01. The third-order valence-corrected chi connectivity index (χ3v) is 6.36. The molecule has 1 amide bonds. The number of likely N-dealkylation sites (tertiary alicyclic amines) is 1. The largest absolute Gasteiger partial charge is 0.454 e. The first-order chi connectivity index (χ1) is 16.7. The van der Waals surface area contributed by atoms with Gasteiger partial charge in [0.25, 0.3) is 5.91 Å². The van der Waals surface area contributed by atoms with Crippen LogP contribution < -0.4 is 9.47 Å². The van der Waals surface area contributed by atoms with Crippen LogP contribution in [0.3, 0.4) is 0 Å². The van der Waals surface area contributed by atoms with Gasteiger partial charge in [-0.25, -0.2) is 4.68 Å². The molecule has 2 aliphatic heterocycles. The van der Waals surface area contributed by atoms with E-state index in [0.717, 1.165) is 29.8 Å². The molecule has 2 aliphatic rings. The van der Waals surface area contributed by atoms with E-state index in [-0.39, 0.29) is 18.6 Å². The first-order valence-corrected chi connectivity index (χ1v) is 11.3. The molecule has 2 aromatic carbocycles. The average Bonchev–Trinajstić information content (AvgIpc) is 3.63. The van der Waals surface area contributed by atoms with Crippen LogP contribution >= 0.6 is 0 Å². The summed E-state index contributed by atoms with van der Waals surface area (Å²) in [5.74, 6) is 2.30. The summed E-state index contributed by atoms with van der Waals surface area (Å²) in [6.07, 6.45) is 3.40. The minimum absolute atomic E-state index is 0.0163. The number of benzene rings is 2. The number of carbonyl (C=O) groups excluding carboxylic acids is 1. The van der Waals surface area contributed by atoms with E-state index in [2.05, 4.69) is 15.3 Å². The average molecular weight is 457 g/mol. The van der Waals surface area contributed by atoms with Gasteiger partial charge in [-0.15, -0.1) is 10.2 Å². The Morgan fingerprint density at radius 2 is 1.91 bits per heavy atom. The van der Waals surface area contributed by atoms with Crippen molar-refractivity contribution in [3.63, 3.8) is 0 Å². The Morgan fingerprint density at radius 1 is 1.06 bits per heavy atom. The van der Waals surface area contributed by atoms with Gasteiger partial charge in [0.15, 0.2) is 11.5 Å². The van der Waals surface area contributed by atoms with Crippen molar-refractivity contribution >= 4 is 5.91 Å². The predicted octanol–water partition coefficient (Wildman–Crippen LogP) is 3.98. The molecule has 1 saturated heterocycles. The van der Waals surface area contributed by atoms with Gasteiger partial charge in [0.05, 0.1) is 29.1 Å². The second-order valence-electron chi connectivity index (χ2n) is 8.49. The predicted molar refractivity (Wildman–Crippen MR) is 122 cm³/mol. The molecule has 6 rings (SSSR count).